The number of nitrogens with two attached hydrogens (primary N) is 1. The number of nitrogens with one attached hydrogen (secondary N) is 2. The van der Waals surface area contributed by atoms with Crippen LogP contribution in [-0.2, 0) is 0 Å². The first-order valence-electron chi connectivity index (χ1n) is 6.32. The molecule has 0 heterocycles. The Morgan fingerprint density at radius 2 is 1.95 bits per heavy atom. The molecule has 4 N–H and O–H groups in total. The lowest BCUT2D eigenvalue weighted by Crippen LogP contribution is -2.42. The molecule has 1 fully saturated rings. The highest BCUT2D eigenvalue weighted by Gasteiger charge is 2.27. The second-order valence-corrected chi connectivity index (χ2v) is 5.66. The zero-order valence-corrected chi connectivity index (χ0v) is 12.0. The van der Waals surface area contributed by atoms with Gasteiger partial charge in [0.15, 0.2) is 0 Å². The smallest absolute Gasteiger partial charge is 0.319 e. The summed E-state index contributed by atoms with van der Waals surface area (Å²) in [6, 6.07) is 4.83. The number of halogens is 2. The highest BCUT2D eigenvalue weighted by atomic mass is 35.5. The molecule has 6 heteroatoms. The SMILES string of the molecule is NCC1CCCC1NC(=O)Nc1cc(Cl)cc(Cl)c1. The van der Waals surface area contributed by atoms with Crippen LogP contribution >= 0.6 is 23.2 Å². The van der Waals surface area contributed by atoms with Crippen molar-refractivity contribution in [3.63, 3.8) is 0 Å². The van der Waals surface area contributed by atoms with Crippen molar-refractivity contribution in [3.05, 3.63) is 28.2 Å². The third-order valence-corrected chi connectivity index (χ3v) is 3.84. The van der Waals surface area contributed by atoms with Crippen molar-refractivity contribution in [2.24, 2.45) is 11.7 Å². The lowest BCUT2D eigenvalue weighted by molar-refractivity contribution is 0.245. The van der Waals surface area contributed by atoms with Crippen LogP contribution in [0.15, 0.2) is 18.2 Å². The average molecular weight is 302 g/mol. The summed E-state index contributed by atoms with van der Waals surface area (Å²) >= 11 is 11.8. The minimum absolute atomic E-state index is 0.152. The first-order valence-corrected chi connectivity index (χ1v) is 7.08. The maximum absolute atomic E-state index is 11.9. The first-order chi connectivity index (χ1) is 9.08. The normalized spacial score (nSPS) is 22.3. The van der Waals surface area contributed by atoms with Gasteiger partial charge in [-0.3, -0.25) is 0 Å². The van der Waals surface area contributed by atoms with Crippen LogP contribution in [0.25, 0.3) is 0 Å². The highest BCUT2D eigenvalue weighted by molar-refractivity contribution is 6.35. The van der Waals surface area contributed by atoms with E-state index >= 15 is 0 Å². The summed E-state index contributed by atoms with van der Waals surface area (Å²) in [6.45, 7) is 0.605. The Bertz CT molecular complexity index is 447. The summed E-state index contributed by atoms with van der Waals surface area (Å²) < 4.78 is 0. The Hall–Kier alpha value is -0.970. The molecule has 2 amide bonds. The number of anilines is 1. The number of carbonyl (C=O) groups excluding carboxylic acids is 1. The third-order valence-electron chi connectivity index (χ3n) is 3.40. The number of benzene rings is 1. The fourth-order valence-corrected chi connectivity index (χ4v) is 3.00. The number of hydrogen-bond donors (Lipinski definition) is 3. The monoisotopic (exact) mass is 301 g/mol. The van der Waals surface area contributed by atoms with Gasteiger partial charge in [0.2, 0.25) is 0 Å². The van der Waals surface area contributed by atoms with Crippen molar-refractivity contribution < 1.29 is 4.79 Å². The largest absolute Gasteiger partial charge is 0.335 e. The Balaban J connectivity index is 1.93. The number of urea groups is 1. The van der Waals surface area contributed by atoms with Gasteiger partial charge in [0, 0.05) is 21.8 Å². The van der Waals surface area contributed by atoms with E-state index in [1.165, 1.54) is 0 Å². The molecule has 0 saturated heterocycles. The average Bonchev–Trinajstić information content (AvgIpc) is 2.74. The lowest BCUT2D eigenvalue weighted by atomic mass is 10.0. The van der Waals surface area contributed by atoms with E-state index in [0.29, 0.717) is 28.2 Å². The molecule has 104 valence electrons. The molecule has 1 aromatic rings. The van der Waals surface area contributed by atoms with E-state index in [0.717, 1.165) is 19.3 Å². The van der Waals surface area contributed by atoms with Crippen molar-refractivity contribution in [2.45, 2.75) is 25.3 Å². The van der Waals surface area contributed by atoms with Gasteiger partial charge >= 0.3 is 6.03 Å². The van der Waals surface area contributed by atoms with E-state index in [9.17, 15) is 4.79 Å². The molecule has 0 aromatic heterocycles. The molecule has 0 spiro atoms. The van der Waals surface area contributed by atoms with Gasteiger partial charge < -0.3 is 16.4 Å². The van der Waals surface area contributed by atoms with E-state index in [1.807, 2.05) is 0 Å². The Morgan fingerprint density at radius 1 is 1.26 bits per heavy atom. The summed E-state index contributed by atoms with van der Waals surface area (Å²) in [6.07, 6.45) is 3.16. The fraction of sp³-hybridized carbons (Fsp3) is 0.462. The van der Waals surface area contributed by atoms with Gasteiger partial charge in [-0.2, -0.15) is 0 Å². The number of hydrogen-bond acceptors (Lipinski definition) is 2. The predicted octanol–water partition coefficient (Wildman–Crippen LogP) is 3.24. The topological polar surface area (TPSA) is 67.1 Å². The molecule has 2 rings (SSSR count). The van der Waals surface area contributed by atoms with Crippen LogP contribution in [0.4, 0.5) is 10.5 Å². The van der Waals surface area contributed by atoms with E-state index < -0.39 is 0 Å². The fourth-order valence-electron chi connectivity index (χ4n) is 2.47. The Morgan fingerprint density at radius 3 is 2.58 bits per heavy atom. The molecule has 2 unspecified atom stereocenters. The van der Waals surface area contributed by atoms with Gasteiger partial charge in [-0.15, -0.1) is 0 Å². The summed E-state index contributed by atoms with van der Waals surface area (Å²) in [7, 11) is 0. The van der Waals surface area contributed by atoms with Gasteiger partial charge in [0.1, 0.15) is 0 Å². The molecule has 0 aliphatic heterocycles. The van der Waals surface area contributed by atoms with Crippen LogP contribution in [0, 0.1) is 5.92 Å². The molecule has 4 nitrogen and oxygen atoms in total. The van der Waals surface area contributed by atoms with Gasteiger partial charge in [0.25, 0.3) is 0 Å². The van der Waals surface area contributed by atoms with E-state index in [1.54, 1.807) is 18.2 Å². The maximum atomic E-state index is 11.9. The predicted molar refractivity (Wildman–Crippen MR) is 78.8 cm³/mol. The van der Waals surface area contributed by atoms with Crippen LogP contribution in [0.3, 0.4) is 0 Å². The van der Waals surface area contributed by atoms with Crippen molar-refractivity contribution in [2.75, 3.05) is 11.9 Å². The number of carbonyl (C=O) groups is 1. The van der Waals surface area contributed by atoms with E-state index in [2.05, 4.69) is 10.6 Å². The molecule has 0 bridgehead atoms. The molecule has 0 radical (unpaired) electrons. The summed E-state index contributed by atoms with van der Waals surface area (Å²) in [4.78, 5) is 11.9. The Labute approximate surface area is 122 Å². The molecule has 19 heavy (non-hydrogen) atoms. The van der Waals surface area contributed by atoms with Crippen LogP contribution in [0.1, 0.15) is 19.3 Å². The quantitative estimate of drug-likeness (QED) is 0.802. The minimum Gasteiger partial charge on any atom is -0.335 e. The minimum atomic E-state index is -0.247. The number of amides is 2. The molecule has 1 aliphatic carbocycles. The molecule has 2 atom stereocenters. The second kappa shape index (κ2) is 6.46. The Kier molecular flexibility index (Phi) is 4.91. The molecule has 1 aliphatic rings. The number of rotatable bonds is 3. The second-order valence-electron chi connectivity index (χ2n) is 4.79. The zero-order valence-electron chi connectivity index (χ0n) is 10.5. The lowest BCUT2D eigenvalue weighted by Gasteiger charge is -2.19. The van der Waals surface area contributed by atoms with E-state index in [-0.39, 0.29) is 12.1 Å². The molecular weight excluding hydrogens is 285 g/mol. The van der Waals surface area contributed by atoms with Gasteiger partial charge in [-0.25, -0.2) is 4.79 Å². The van der Waals surface area contributed by atoms with Gasteiger partial charge in [-0.05, 0) is 43.5 Å². The van der Waals surface area contributed by atoms with Gasteiger partial charge in [0.05, 0.1) is 0 Å². The van der Waals surface area contributed by atoms with Crippen molar-refractivity contribution in [1.82, 2.24) is 5.32 Å². The standard InChI is InChI=1S/C13H17Cl2N3O/c14-9-4-10(15)6-11(5-9)17-13(19)18-12-3-1-2-8(12)7-16/h4-6,8,12H,1-3,7,16H2,(H2,17,18,19). The first kappa shape index (κ1) is 14.4. The van der Waals surface area contributed by atoms with Crippen molar-refractivity contribution in [3.8, 4) is 0 Å². The molecular formula is C13H17Cl2N3O. The van der Waals surface area contributed by atoms with Gasteiger partial charge in [-0.1, -0.05) is 29.6 Å². The summed E-state index contributed by atoms with van der Waals surface area (Å²) in [5.74, 6) is 0.369. The van der Waals surface area contributed by atoms with Crippen LogP contribution in [0.2, 0.25) is 10.0 Å². The summed E-state index contributed by atoms with van der Waals surface area (Å²) in [5, 5.41) is 6.67. The maximum Gasteiger partial charge on any atom is 0.319 e. The summed E-state index contributed by atoms with van der Waals surface area (Å²) in [5.41, 5.74) is 6.27. The molecule has 1 saturated carbocycles. The van der Waals surface area contributed by atoms with Crippen LogP contribution in [0.5, 0.6) is 0 Å². The molecule has 1 aromatic carbocycles. The van der Waals surface area contributed by atoms with Crippen LogP contribution in [-0.4, -0.2) is 18.6 Å². The highest BCUT2D eigenvalue weighted by Crippen LogP contribution is 2.25. The van der Waals surface area contributed by atoms with Crippen molar-refractivity contribution in [1.29, 1.82) is 0 Å². The van der Waals surface area contributed by atoms with E-state index in [4.69, 9.17) is 28.9 Å². The van der Waals surface area contributed by atoms with Crippen LogP contribution < -0.4 is 16.4 Å². The third kappa shape index (κ3) is 4.00. The van der Waals surface area contributed by atoms with Crippen molar-refractivity contribution >= 4 is 34.9 Å². The zero-order chi connectivity index (χ0) is 13.8.